The van der Waals surface area contributed by atoms with Crippen LogP contribution in [0.25, 0.3) is 10.9 Å². The molecule has 5 nitrogen and oxygen atoms in total. The van der Waals surface area contributed by atoms with E-state index in [1.165, 1.54) is 6.20 Å². The molecule has 0 amide bonds. The Labute approximate surface area is 128 Å². The minimum atomic E-state index is -0.432. The molecule has 0 saturated heterocycles. The summed E-state index contributed by atoms with van der Waals surface area (Å²) in [6.45, 7) is 0. The molecule has 0 unspecified atom stereocenters. The molecule has 0 spiro atoms. The Hall–Kier alpha value is -2.47. The number of nitro groups is 1. The van der Waals surface area contributed by atoms with E-state index in [1.807, 2.05) is 48.5 Å². The predicted molar refractivity (Wildman–Crippen MR) is 85.8 cm³/mol. The number of nitrogens with one attached hydrogen (secondary N) is 1. The number of halogens is 1. The molecule has 0 aliphatic carbocycles. The van der Waals surface area contributed by atoms with E-state index in [9.17, 15) is 10.1 Å². The maximum absolute atomic E-state index is 11.3. The molecule has 21 heavy (non-hydrogen) atoms. The number of fused-ring (bicyclic) bond motifs is 1. The molecule has 1 N–H and O–H groups in total. The first kappa shape index (κ1) is 13.5. The third-order valence-electron chi connectivity index (χ3n) is 3.05. The topological polar surface area (TPSA) is 68.1 Å². The molecule has 0 aliphatic heterocycles. The van der Waals surface area contributed by atoms with Gasteiger partial charge in [0.15, 0.2) is 0 Å². The Morgan fingerprint density at radius 1 is 1.14 bits per heavy atom. The van der Waals surface area contributed by atoms with Gasteiger partial charge < -0.3 is 5.32 Å². The van der Waals surface area contributed by atoms with Gasteiger partial charge >= 0.3 is 5.69 Å². The van der Waals surface area contributed by atoms with Crippen molar-refractivity contribution in [3.8, 4) is 0 Å². The fraction of sp³-hybridized carbons (Fsp3) is 0. The van der Waals surface area contributed by atoms with E-state index in [-0.39, 0.29) is 5.69 Å². The van der Waals surface area contributed by atoms with Gasteiger partial charge in [0.25, 0.3) is 0 Å². The van der Waals surface area contributed by atoms with Gasteiger partial charge in [0.2, 0.25) is 0 Å². The Morgan fingerprint density at radius 2 is 1.90 bits per heavy atom. The number of para-hydroxylation sites is 1. The van der Waals surface area contributed by atoms with Gasteiger partial charge in [-0.25, -0.2) is 4.98 Å². The number of nitrogens with zero attached hydrogens (tertiary/aromatic N) is 2. The first-order valence-corrected chi connectivity index (χ1v) is 6.99. The molecule has 0 fully saturated rings. The van der Waals surface area contributed by atoms with E-state index in [1.54, 1.807) is 0 Å². The van der Waals surface area contributed by atoms with Gasteiger partial charge in [-0.3, -0.25) is 10.1 Å². The van der Waals surface area contributed by atoms with E-state index in [4.69, 9.17) is 0 Å². The van der Waals surface area contributed by atoms with Gasteiger partial charge in [-0.05, 0) is 30.3 Å². The second-order valence-corrected chi connectivity index (χ2v) is 5.34. The van der Waals surface area contributed by atoms with Gasteiger partial charge in [-0.1, -0.05) is 34.1 Å². The highest BCUT2D eigenvalue weighted by Crippen LogP contribution is 2.35. The summed E-state index contributed by atoms with van der Waals surface area (Å²) in [4.78, 5) is 15.0. The van der Waals surface area contributed by atoms with Crippen LogP contribution in [0.2, 0.25) is 0 Å². The van der Waals surface area contributed by atoms with E-state index in [0.717, 1.165) is 10.2 Å². The first-order valence-electron chi connectivity index (χ1n) is 6.20. The lowest BCUT2D eigenvalue weighted by atomic mass is 10.1. The van der Waals surface area contributed by atoms with Crippen LogP contribution in [0.15, 0.2) is 59.2 Å². The molecule has 0 saturated carbocycles. The fourth-order valence-corrected chi connectivity index (χ4v) is 2.45. The zero-order chi connectivity index (χ0) is 14.8. The largest absolute Gasteiger partial charge is 0.349 e. The summed E-state index contributed by atoms with van der Waals surface area (Å²) in [5, 5.41) is 15.1. The summed E-state index contributed by atoms with van der Waals surface area (Å²) in [5.41, 5.74) is 1.87. The SMILES string of the molecule is O=[N+]([O-])c1cnc2ccc(Br)cc2c1Nc1ccccc1. The first-order chi connectivity index (χ1) is 10.1. The summed E-state index contributed by atoms with van der Waals surface area (Å²) in [6, 6.07) is 14.8. The van der Waals surface area contributed by atoms with Crippen LogP contribution >= 0.6 is 15.9 Å². The summed E-state index contributed by atoms with van der Waals surface area (Å²) in [7, 11) is 0. The molecule has 0 radical (unpaired) electrons. The molecule has 104 valence electrons. The fourth-order valence-electron chi connectivity index (χ4n) is 2.09. The number of hydrogen-bond acceptors (Lipinski definition) is 4. The van der Waals surface area contributed by atoms with E-state index < -0.39 is 4.92 Å². The van der Waals surface area contributed by atoms with Crippen LogP contribution in [-0.2, 0) is 0 Å². The van der Waals surface area contributed by atoms with Crippen molar-refractivity contribution in [3.05, 3.63) is 69.3 Å². The number of hydrogen-bond donors (Lipinski definition) is 1. The standard InChI is InChI=1S/C15H10BrN3O2/c16-10-6-7-13-12(8-10)15(14(9-17-13)19(20)21)18-11-4-2-1-3-5-11/h1-9H,(H,17,18). The highest BCUT2D eigenvalue weighted by atomic mass is 79.9. The molecule has 3 rings (SSSR count). The third-order valence-corrected chi connectivity index (χ3v) is 3.54. The summed E-state index contributed by atoms with van der Waals surface area (Å²) < 4.78 is 0.841. The number of aromatic nitrogens is 1. The van der Waals surface area contributed by atoms with Crippen LogP contribution < -0.4 is 5.32 Å². The lowest BCUT2D eigenvalue weighted by Crippen LogP contribution is -1.99. The van der Waals surface area contributed by atoms with E-state index in [2.05, 4.69) is 26.2 Å². The Kier molecular flexibility index (Phi) is 3.53. The quantitative estimate of drug-likeness (QED) is 0.555. The van der Waals surface area contributed by atoms with Crippen LogP contribution in [0.5, 0.6) is 0 Å². The number of pyridine rings is 1. The zero-order valence-electron chi connectivity index (χ0n) is 10.8. The lowest BCUT2D eigenvalue weighted by Gasteiger charge is -2.10. The van der Waals surface area contributed by atoms with Crippen LogP contribution in [0, 0.1) is 10.1 Å². The molecule has 2 aromatic carbocycles. The summed E-state index contributed by atoms with van der Waals surface area (Å²) >= 11 is 3.39. The third kappa shape index (κ3) is 2.71. The maximum atomic E-state index is 11.3. The zero-order valence-corrected chi connectivity index (χ0v) is 12.4. The Bertz CT molecular complexity index is 822. The maximum Gasteiger partial charge on any atom is 0.311 e. The minimum absolute atomic E-state index is 0.0514. The van der Waals surface area contributed by atoms with Crippen molar-refractivity contribution < 1.29 is 4.92 Å². The molecule has 3 aromatic rings. The van der Waals surface area contributed by atoms with Gasteiger partial charge in [0.05, 0.1) is 10.4 Å². The minimum Gasteiger partial charge on any atom is -0.349 e. The Balaban J connectivity index is 2.23. The average Bonchev–Trinajstić information content (AvgIpc) is 2.48. The van der Waals surface area contributed by atoms with Crippen molar-refractivity contribution in [3.63, 3.8) is 0 Å². The Morgan fingerprint density at radius 3 is 2.62 bits per heavy atom. The van der Waals surface area contributed by atoms with E-state index >= 15 is 0 Å². The molecule has 0 aliphatic rings. The second kappa shape index (κ2) is 5.49. The van der Waals surface area contributed by atoms with E-state index in [0.29, 0.717) is 16.6 Å². The monoisotopic (exact) mass is 343 g/mol. The van der Waals surface area contributed by atoms with Crippen molar-refractivity contribution >= 4 is 43.9 Å². The van der Waals surface area contributed by atoms with Gasteiger partial charge in [-0.2, -0.15) is 0 Å². The number of anilines is 2. The normalized spacial score (nSPS) is 10.5. The van der Waals surface area contributed by atoms with Crippen LogP contribution in [0.3, 0.4) is 0 Å². The van der Waals surface area contributed by atoms with Gasteiger partial charge in [-0.15, -0.1) is 0 Å². The van der Waals surface area contributed by atoms with Crippen molar-refractivity contribution in [2.45, 2.75) is 0 Å². The van der Waals surface area contributed by atoms with Gasteiger partial charge in [0, 0.05) is 15.5 Å². The van der Waals surface area contributed by atoms with Crippen molar-refractivity contribution in [1.29, 1.82) is 0 Å². The summed E-state index contributed by atoms with van der Waals surface area (Å²) in [5.74, 6) is 0. The van der Waals surface area contributed by atoms with Crippen LogP contribution in [0.4, 0.5) is 17.1 Å². The smallest absolute Gasteiger partial charge is 0.311 e. The molecule has 0 bridgehead atoms. The predicted octanol–water partition coefficient (Wildman–Crippen LogP) is 4.65. The van der Waals surface area contributed by atoms with Crippen molar-refractivity contribution in [2.75, 3.05) is 5.32 Å². The molecular weight excluding hydrogens is 334 g/mol. The molecule has 1 heterocycles. The van der Waals surface area contributed by atoms with Crippen LogP contribution in [0.1, 0.15) is 0 Å². The molecule has 0 atom stereocenters. The summed E-state index contributed by atoms with van der Waals surface area (Å²) in [6.07, 6.45) is 1.28. The molecule has 6 heteroatoms. The van der Waals surface area contributed by atoms with Crippen molar-refractivity contribution in [1.82, 2.24) is 4.98 Å². The number of benzene rings is 2. The molecular formula is C15H10BrN3O2. The lowest BCUT2D eigenvalue weighted by molar-refractivity contribution is -0.384. The van der Waals surface area contributed by atoms with Crippen LogP contribution in [-0.4, -0.2) is 9.91 Å². The average molecular weight is 344 g/mol. The highest BCUT2D eigenvalue weighted by Gasteiger charge is 2.18. The highest BCUT2D eigenvalue weighted by molar-refractivity contribution is 9.10. The van der Waals surface area contributed by atoms with Gasteiger partial charge in [0.1, 0.15) is 11.9 Å². The molecule has 1 aromatic heterocycles. The van der Waals surface area contributed by atoms with Crippen molar-refractivity contribution in [2.24, 2.45) is 0 Å². The second-order valence-electron chi connectivity index (χ2n) is 4.43. The number of rotatable bonds is 3.